The van der Waals surface area contributed by atoms with E-state index in [1.54, 1.807) is 4.90 Å². The van der Waals surface area contributed by atoms with E-state index >= 15 is 0 Å². The number of carbonyl (C=O) groups is 2. The van der Waals surface area contributed by atoms with Crippen LogP contribution in [0.2, 0.25) is 5.02 Å². The second kappa shape index (κ2) is 8.85. The van der Waals surface area contributed by atoms with Crippen molar-refractivity contribution in [1.82, 2.24) is 9.97 Å². The highest BCUT2D eigenvalue weighted by Crippen LogP contribution is 2.43. The fraction of sp³-hybridized carbons (Fsp3) is 0.308. The number of amides is 2. The van der Waals surface area contributed by atoms with Crippen LogP contribution in [0.25, 0.3) is 0 Å². The van der Waals surface area contributed by atoms with Crippen LogP contribution in [0.15, 0.2) is 48.7 Å². The van der Waals surface area contributed by atoms with E-state index in [2.05, 4.69) is 25.9 Å². The van der Waals surface area contributed by atoms with Crippen molar-refractivity contribution in [3.05, 3.63) is 59.2 Å². The molecule has 3 N–H and O–H groups in total. The number of fused-ring (bicyclic) bond motifs is 1. The van der Waals surface area contributed by atoms with Crippen LogP contribution in [0.1, 0.15) is 39.2 Å². The highest BCUT2D eigenvalue weighted by molar-refractivity contribution is 6.33. The van der Waals surface area contributed by atoms with Gasteiger partial charge in [0, 0.05) is 23.8 Å². The summed E-state index contributed by atoms with van der Waals surface area (Å²) in [5.41, 5.74) is 3.41. The van der Waals surface area contributed by atoms with Crippen molar-refractivity contribution in [2.45, 2.75) is 39.0 Å². The Balaban J connectivity index is 1.38. The van der Waals surface area contributed by atoms with E-state index in [-0.39, 0.29) is 17.7 Å². The SMILES string of the molecule is CCN1C(=O)C(C)(C)c2cc(Nc3ncc(Cl)c(Nc4ccccc4NC(=O)C4CC4)n3)ccc21. The summed E-state index contributed by atoms with van der Waals surface area (Å²) in [4.78, 5) is 35.7. The second-order valence-corrected chi connectivity index (χ2v) is 9.76. The Hall–Kier alpha value is -3.65. The average molecular weight is 491 g/mol. The molecule has 0 unspecified atom stereocenters. The summed E-state index contributed by atoms with van der Waals surface area (Å²) in [6, 6.07) is 13.2. The molecule has 1 aliphatic carbocycles. The first kappa shape index (κ1) is 23.1. The predicted molar refractivity (Wildman–Crippen MR) is 139 cm³/mol. The van der Waals surface area contributed by atoms with Gasteiger partial charge in [-0.05, 0) is 69.5 Å². The molecule has 2 aliphatic rings. The summed E-state index contributed by atoms with van der Waals surface area (Å²) in [5, 5.41) is 9.76. The molecule has 1 aromatic heterocycles. The average Bonchev–Trinajstić information content (AvgIpc) is 3.66. The number of likely N-dealkylation sites (N-methyl/N-ethyl adjacent to an activating group) is 1. The van der Waals surface area contributed by atoms with Crippen molar-refractivity contribution in [3.8, 4) is 0 Å². The number of benzene rings is 2. The third-order valence-electron chi connectivity index (χ3n) is 6.44. The summed E-state index contributed by atoms with van der Waals surface area (Å²) >= 11 is 6.38. The standard InChI is InChI=1S/C26H27ClN6O2/c1-4-33-21-12-11-16(13-17(21)26(2,3)24(33)35)29-25-28-14-18(27)22(32-25)30-19-7-5-6-8-20(19)31-23(34)15-9-10-15/h5-8,11-15H,4,9-10H2,1-3H3,(H,31,34)(H2,28,29,30,32). The minimum atomic E-state index is -0.606. The van der Waals surface area contributed by atoms with Gasteiger partial charge < -0.3 is 20.9 Å². The van der Waals surface area contributed by atoms with Crippen LogP contribution in [0.5, 0.6) is 0 Å². The molecule has 1 aliphatic heterocycles. The molecule has 0 spiro atoms. The quantitative estimate of drug-likeness (QED) is 0.398. The minimum absolute atomic E-state index is 0.0232. The maximum Gasteiger partial charge on any atom is 0.237 e. The maximum atomic E-state index is 12.8. The topological polar surface area (TPSA) is 99.3 Å². The van der Waals surface area contributed by atoms with Crippen LogP contribution < -0.4 is 20.9 Å². The molecule has 180 valence electrons. The molecule has 5 rings (SSSR count). The Morgan fingerprint density at radius 2 is 1.89 bits per heavy atom. The number of para-hydroxylation sites is 2. The molecule has 2 aromatic carbocycles. The predicted octanol–water partition coefficient (Wildman–Crippen LogP) is 5.61. The molecular formula is C26H27ClN6O2. The van der Waals surface area contributed by atoms with Crippen LogP contribution in [0, 0.1) is 5.92 Å². The largest absolute Gasteiger partial charge is 0.337 e. The summed E-state index contributed by atoms with van der Waals surface area (Å²) in [7, 11) is 0. The lowest BCUT2D eigenvalue weighted by Crippen LogP contribution is -2.35. The van der Waals surface area contributed by atoms with E-state index in [4.69, 9.17) is 11.6 Å². The van der Waals surface area contributed by atoms with Crippen LogP contribution in [-0.2, 0) is 15.0 Å². The maximum absolute atomic E-state index is 12.8. The number of nitrogens with one attached hydrogen (secondary N) is 3. The fourth-order valence-corrected chi connectivity index (χ4v) is 4.42. The Labute approximate surface area is 209 Å². The van der Waals surface area contributed by atoms with Gasteiger partial charge in [0.05, 0.1) is 23.0 Å². The first-order valence-corrected chi connectivity index (χ1v) is 12.1. The molecule has 9 heteroatoms. The molecule has 1 saturated carbocycles. The van der Waals surface area contributed by atoms with Crippen molar-refractivity contribution < 1.29 is 9.59 Å². The molecular weight excluding hydrogens is 464 g/mol. The molecule has 0 saturated heterocycles. The number of carbonyl (C=O) groups excluding carboxylic acids is 2. The molecule has 3 aromatic rings. The summed E-state index contributed by atoms with van der Waals surface area (Å²) in [5.74, 6) is 0.972. The normalized spacial score (nSPS) is 16.1. The highest BCUT2D eigenvalue weighted by Gasteiger charge is 2.43. The van der Waals surface area contributed by atoms with Gasteiger partial charge >= 0.3 is 0 Å². The van der Waals surface area contributed by atoms with Gasteiger partial charge in [0.15, 0.2) is 5.82 Å². The van der Waals surface area contributed by atoms with Crippen LogP contribution >= 0.6 is 11.6 Å². The van der Waals surface area contributed by atoms with Gasteiger partial charge in [-0.15, -0.1) is 0 Å². The Bertz CT molecular complexity index is 1320. The van der Waals surface area contributed by atoms with Crippen molar-refractivity contribution in [2.75, 3.05) is 27.4 Å². The zero-order chi connectivity index (χ0) is 24.7. The number of halogens is 1. The lowest BCUT2D eigenvalue weighted by molar-refractivity contribution is -0.122. The fourth-order valence-electron chi connectivity index (χ4n) is 4.28. The zero-order valence-electron chi connectivity index (χ0n) is 19.9. The van der Waals surface area contributed by atoms with Crippen molar-refractivity contribution in [3.63, 3.8) is 0 Å². The monoisotopic (exact) mass is 490 g/mol. The van der Waals surface area contributed by atoms with Crippen LogP contribution in [-0.4, -0.2) is 28.3 Å². The van der Waals surface area contributed by atoms with E-state index in [0.29, 0.717) is 34.7 Å². The lowest BCUT2D eigenvalue weighted by atomic mass is 9.86. The van der Waals surface area contributed by atoms with Gasteiger partial charge in [0.1, 0.15) is 5.02 Å². The number of rotatable bonds is 7. The molecule has 0 bridgehead atoms. The van der Waals surface area contributed by atoms with E-state index < -0.39 is 5.41 Å². The molecule has 8 nitrogen and oxygen atoms in total. The van der Waals surface area contributed by atoms with E-state index in [1.165, 1.54) is 6.20 Å². The third-order valence-corrected chi connectivity index (χ3v) is 6.72. The van der Waals surface area contributed by atoms with Gasteiger partial charge in [-0.1, -0.05) is 23.7 Å². The Kier molecular flexibility index (Phi) is 5.84. The number of hydrogen-bond acceptors (Lipinski definition) is 6. The van der Waals surface area contributed by atoms with Crippen molar-refractivity contribution >= 4 is 57.9 Å². The van der Waals surface area contributed by atoms with E-state index in [1.807, 2.05) is 63.2 Å². The van der Waals surface area contributed by atoms with E-state index in [9.17, 15) is 9.59 Å². The van der Waals surface area contributed by atoms with Gasteiger partial charge in [0.2, 0.25) is 17.8 Å². The highest BCUT2D eigenvalue weighted by atomic mass is 35.5. The Morgan fingerprint density at radius 1 is 1.14 bits per heavy atom. The summed E-state index contributed by atoms with van der Waals surface area (Å²) in [6.45, 7) is 6.47. The Morgan fingerprint density at radius 3 is 2.60 bits per heavy atom. The first-order valence-electron chi connectivity index (χ1n) is 11.7. The lowest BCUT2D eigenvalue weighted by Gasteiger charge is -2.18. The van der Waals surface area contributed by atoms with E-state index in [0.717, 1.165) is 29.8 Å². The number of hydrogen-bond donors (Lipinski definition) is 3. The second-order valence-electron chi connectivity index (χ2n) is 9.36. The van der Waals surface area contributed by atoms with Gasteiger partial charge in [-0.2, -0.15) is 4.98 Å². The van der Waals surface area contributed by atoms with Gasteiger partial charge in [-0.25, -0.2) is 4.98 Å². The van der Waals surface area contributed by atoms with Crippen LogP contribution in [0.3, 0.4) is 0 Å². The minimum Gasteiger partial charge on any atom is -0.337 e. The summed E-state index contributed by atoms with van der Waals surface area (Å²) in [6.07, 6.45) is 3.38. The molecule has 1 fully saturated rings. The van der Waals surface area contributed by atoms with Gasteiger partial charge in [-0.3, -0.25) is 9.59 Å². The first-order chi connectivity index (χ1) is 16.8. The molecule has 0 radical (unpaired) electrons. The molecule has 35 heavy (non-hydrogen) atoms. The number of anilines is 6. The molecule has 0 atom stereocenters. The van der Waals surface area contributed by atoms with Gasteiger partial charge in [0.25, 0.3) is 0 Å². The molecule has 2 heterocycles. The molecule has 2 amide bonds. The third kappa shape index (κ3) is 4.41. The van der Waals surface area contributed by atoms with Crippen LogP contribution in [0.4, 0.5) is 34.5 Å². The van der Waals surface area contributed by atoms with Crippen molar-refractivity contribution in [1.29, 1.82) is 0 Å². The smallest absolute Gasteiger partial charge is 0.237 e. The number of aromatic nitrogens is 2. The van der Waals surface area contributed by atoms with Crippen molar-refractivity contribution in [2.24, 2.45) is 5.92 Å². The zero-order valence-corrected chi connectivity index (χ0v) is 20.6. The summed E-state index contributed by atoms with van der Waals surface area (Å²) < 4.78 is 0. The number of nitrogens with zero attached hydrogens (tertiary/aromatic N) is 3.